The van der Waals surface area contributed by atoms with Crippen molar-refractivity contribution in [2.75, 3.05) is 12.4 Å². The van der Waals surface area contributed by atoms with Gasteiger partial charge in [0.05, 0.1) is 16.6 Å². The van der Waals surface area contributed by atoms with Crippen molar-refractivity contribution in [2.24, 2.45) is 0 Å². The van der Waals surface area contributed by atoms with Crippen LogP contribution in [0.3, 0.4) is 0 Å². The van der Waals surface area contributed by atoms with Crippen LogP contribution in [-0.4, -0.2) is 7.11 Å². The number of rotatable bonds is 7. The van der Waals surface area contributed by atoms with Gasteiger partial charge in [-0.25, -0.2) is 0 Å². The zero-order valence-electron chi connectivity index (χ0n) is 15.2. The first-order chi connectivity index (χ1) is 13.9. The van der Waals surface area contributed by atoms with Crippen LogP contribution in [0.4, 0.5) is 5.69 Å². The Labute approximate surface area is 201 Å². The van der Waals surface area contributed by atoms with E-state index in [2.05, 4.69) is 37.2 Å². The molecular formula is C21H16Br2Cl3NO2. The largest absolute Gasteiger partial charge is 0.493 e. The van der Waals surface area contributed by atoms with Crippen molar-refractivity contribution in [3.8, 4) is 11.5 Å². The van der Waals surface area contributed by atoms with Gasteiger partial charge < -0.3 is 14.8 Å². The summed E-state index contributed by atoms with van der Waals surface area (Å²) in [5, 5.41) is 5.14. The number of ether oxygens (including phenoxy) is 2. The standard InChI is InChI=1S/C21H16Br2Cl3NO2/c1-28-20-7-12(10-27-15-4-5-16(22)19(26)9-15)6-17(23)21(20)29-11-13-2-3-14(24)8-18(13)25/h2-9,27H,10-11H2,1H3. The molecule has 1 N–H and O–H groups in total. The smallest absolute Gasteiger partial charge is 0.175 e. The molecule has 0 aliphatic carbocycles. The summed E-state index contributed by atoms with van der Waals surface area (Å²) in [4.78, 5) is 0. The van der Waals surface area contributed by atoms with E-state index in [-0.39, 0.29) is 0 Å². The molecule has 3 rings (SSSR count). The second-order valence-corrected chi connectivity index (χ2v) is 9.08. The van der Waals surface area contributed by atoms with Crippen LogP contribution in [-0.2, 0) is 13.2 Å². The van der Waals surface area contributed by atoms with Crippen LogP contribution in [0.2, 0.25) is 15.1 Å². The highest BCUT2D eigenvalue weighted by atomic mass is 79.9. The van der Waals surface area contributed by atoms with Gasteiger partial charge >= 0.3 is 0 Å². The Balaban J connectivity index is 1.73. The Bertz CT molecular complexity index is 1030. The Hall–Kier alpha value is -1.11. The lowest BCUT2D eigenvalue weighted by molar-refractivity contribution is 0.282. The molecule has 0 aromatic heterocycles. The number of anilines is 1. The van der Waals surface area contributed by atoms with Crippen molar-refractivity contribution in [1.82, 2.24) is 0 Å². The molecule has 152 valence electrons. The number of nitrogens with one attached hydrogen (secondary N) is 1. The van der Waals surface area contributed by atoms with E-state index in [1.165, 1.54) is 0 Å². The Morgan fingerprint density at radius 3 is 2.38 bits per heavy atom. The van der Waals surface area contributed by atoms with Crippen molar-refractivity contribution in [3.63, 3.8) is 0 Å². The lowest BCUT2D eigenvalue weighted by Crippen LogP contribution is -2.03. The third kappa shape index (κ3) is 5.96. The van der Waals surface area contributed by atoms with Crippen LogP contribution < -0.4 is 14.8 Å². The van der Waals surface area contributed by atoms with Crippen LogP contribution in [0.25, 0.3) is 0 Å². The predicted molar refractivity (Wildman–Crippen MR) is 128 cm³/mol. The van der Waals surface area contributed by atoms with Gasteiger partial charge in [0.25, 0.3) is 0 Å². The predicted octanol–water partition coefficient (Wildman–Crippen LogP) is 8.37. The van der Waals surface area contributed by atoms with Crippen molar-refractivity contribution < 1.29 is 9.47 Å². The third-order valence-corrected chi connectivity index (χ3v) is 6.50. The first kappa shape index (κ1) is 22.6. The summed E-state index contributed by atoms with van der Waals surface area (Å²) in [6, 6.07) is 14.9. The molecule has 0 radical (unpaired) electrons. The maximum Gasteiger partial charge on any atom is 0.175 e. The van der Waals surface area contributed by atoms with Crippen LogP contribution in [0.1, 0.15) is 11.1 Å². The minimum atomic E-state index is 0.292. The van der Waals surface area contributed by atoms with E-state index >= 15 is 0 Å². The first-order valence-electron chi connectivity index (χ1n) is 8.49. The fourth-order valence-corrected chi connectivity index (χ4v) is 4.11. The molecule has 3 nitrogen and oxygen atoms in total. The van der Waals surface area contributed by atoms with E-state index in [0.717, 1.165) is 25.8 Å². The van der Waals surface area contributed by atoms with Crippen molar-refractivity contribution in [3.05, 3.63) is 83.7 Å². The van der Waals surface area contributed by atoms with Gasteiger partial charge in [0.2, 0.25) is 0 Å². The number of benzene rings is 3. The normalized spacial score (nSPS) is 10.7. The molecule has 8 heteroatoms. The molecule has 0 heterocycles. The maximum atomic E-state index is 6.23. The fraction of sp³-hybridized carbons (Fsp3) is 0.143. The van der Waals surface area contributed by atoms with Crippen LogP contribution >= 0.6 is 66.7 Å². The van der Waals surface area contributed by atoms with Gasteiger partial charge in [-0.2, -0.15) is 0 Å². The zero-order chi connectivity index (χ0) is 21.0. The van der Waals surface area contributed by atoms with Crippen molar-refractivity contribution >= 4 is 72.4 Å². The van der Waals surface area contributed by atoms with Gasteiger partial charge in [0, 0.05) is 32.3 Å². The number of hydrogen-bond donors (Lipinski definition) is 1. The number of hydrogen-bond acceptors (Lipinski definition) is 3. The highest BCUT2D eigenvalue weighted by Crippen LogP contribution is 2.38. The van der Waals surface area contributed by atoms with Crippen LogP contribution in [0.5, 0.6) is 11.5 Å². The minimum Gasteiger partial charge on any atom is -0.493 e. The molecule has 0 spiro atoms. The fourth-order valence-electron chi connectivity index (χ4n) is 2.61. The summed E-state index contributed by atoms with van der Waals surface area (Å²) in [6.45, 7) is 0.885. The maximum absolute atomic E-state index is 6.23. The molecule has 0 saturated heterocycles. The minimum absolute atomic E-state index is 0.292. The Kier molecular flexibility index (Phi) is 7.99. The lowest BCUT2D eigenvalue weighted by atomic mass is 10.2. The summed E-state index contributed by atoms with van der Waals surface area (Å²) in [5.41, 5.74) is 2.78. The van der Waals surface area contributed by atoms with E-state index in [1.54, 1.807) is 19.2 Å². The molecule has 0 saturated carbocycles. The molecule has 0 aliphatic heterocycles. The van der Waals surface area contributed by atoms with Gasteiger partial charge in [-0.15, -0.1) is 0 Å². The second kappa shape index (κ2) is 10.3. The lowest BCUT2D eigenvalue weighted by Gasteiger charge is -2.16. The molecule has 0 aliphatic rings. The monoisotopic (exact) mass is 577 g/mol. The van der Waals surface area contributed by atoms with Crippen LogP contribution in [0.15, 0.2) is 57.5 Å². The molecule has 3 aromatic carbocycles. The average Bonchev–Trinajstić information content (AvgIpc) is 2.69. The van der Waals surface area contributed by atoms with E-state index in [0.29, 0.717) is 39.7 Å². The highest BCUT2D eigenvalue weighted by Gasteiger charge is 2.13. The Morgan fingerprint density at radius 2 is 1.69 bits per heavy atom. The van der Waals surface area contributed by atoms with Gasteiger partial charge in [0.15, 0.2) is 11.5 Å². The van der Waals surface area contributed by atoms with E-state index in [9.17, 15) is 0 Å². The van der Waals surface area contributed by atoms with Gasteiger partial charge in [-0.3, -0.25) is 0 Å². The summed E-state index contributed by atoms with van der Waals surface area (Å²) < 4.78 is 13.1. The average molecular weight is 581 g/mol. The molecule has 0 amide bonds. The molecule has 0 bridgehead atoms. The summed E-state index contributed by atoms with van der Waals surface area (Å²) in [5.74, 6) is 1.23. The SMILES string of the molecule is COc1cc(CNc2ccc(Br)c(Cl)c2)cc(Br)c1OCc1ccc(Cl)cc1Cl. The van der Waals surface area contributed by atoms with Gasteiger partial charge in [-0.1, -0.05) is 40.9 Å². The molecule has 0 atom stereocenters. The van der Waals surface area contributed by atoms with Gasteiger partial charge in [0.1, 0.15) is 6.61 Å². The van der Waals surface area contributed by atoms with E-state index in [4.69, 9.17) is 44.3 Å². The van der Waals surface area contributed by atoms with Crippen molar-refractivity contribution in [2.45, 2.75) is 13.2 Å². The van der Waals surface area contributed by atoms with E-state index in [1.807, 2.05) is 36.4 Å². The molecule has 0 unspecified atom stereocenters. The first-order valence-corrected chi connectivity index (χ1v) is 11.2. The molecular weight excluding hydrogens is 564 g/mol. The summed E-state index contributed by atoms with van der Waals surface area (Å²) >= 11 is 25.3. The highest BCUT2D eigenvalue weighted by molar-refractivity contribution is 9.10. The molecule has 3 aromatic rings. The second-order valence-electron chi connectivity index (χ2n) is 6.12. The van der Waals surface area contributed by atoms with Crippen molar-refractivity contribution in [1.29, 1.82) is 0 Å². The van der Waals surface area contributed by atoms with E-state index < -0.39 is 0 Å². The number of methoxy groups -OCH3 is 1. The Morgan fingerprint density at radius 1 is 0.897 bits per heavy atom. The molecule has 0 fully saturated rings. The summed E-state index contributed by atoms with van der Waals surface area (Å²) in [6.07, 6.45) is 0. The van der Waals surface area contributed by atoms with Gasteiger partial charge in [-0.05, 0) is 79.9 Å². The number of halogens is 5. The quantitative estimate of drug-likeness (QED) is 0.305. The summed E-state index contributed by atoms with van der Waals surface area (Å²) in [7, 11) is 1.61. The molecule has 29 heavy (non-hydrogen) atoms. The van der Waals surface area contributed by atoms with Crippen LogP contribution in [0, 0.1) is 0 Å². The topological polar surface area (TPSA) is 30.5 Å². The third-order valence-electron chi connectivity index (χ3n) is 4.09. The zero-order valence-corrected chi connectivity index (χ0v) is 20.7.